The minimum atomic E-state index is 0.559. The summed E-state index contributed by atoms with van der Waals surface area (Å²) in [6.45, 7) is 10.8. The van der Waals surface area contributed by atoms with Gasteiger partial charge in [0.25, 0.3) is 0 Å². The molecule has 3 nitrogen and oxygen atoms in total. The highest BCUT2D eigenvalue weighted by Crippen LogP contribution is 2.22. The van der Waals surface area contributed by atoms with Crippen molar-refractivity contribution in [3.8, 4) is 0 Å². The van der Waals surface area contributed by atoms with E-state index in [0.717, 1.165) is 32.0 Å². The molecule has 0 aromatic carbocycles. The van der Waals surface area contributed by atoms with Crippen molar-refractivity contribution >= 4 is 5.82 Å². The molecular formula is C13H21N3. The highest BCUT2D eigenvalue weighted by Gasteiger charge is 2.14. The maximum absolute atomic E-state index is 4.62. The summed E-state index contributed by atoms with van der Waals surface area (Å²) in [6, 6.07) is 2.27. The Balaban J connectivity index is 2.21. The number of aromatic nitrogens is 1. The van der Waals surface area contributed by atoms with Crippen molar-refractivity contribution in [2.45, 2.75) is 26.7 Å². The first-order valence-corrected chi connectivity index (χ1v) is 6.10. The standard InChI is InChI=1S/C13H21N3/c1-10(2)12-8-11(3)13(15-9-12)16-6-4-14-5-7-16/h8-10,14H,4-7H2,1-3H3. The van der Waals surface area contributed by atoms with Gasteiger partial charge in [0, 0.05) is 32.4 Å². The van der Waals surface area contributed by atoms with E-state index in [2.05, 4.69) is 42.0 Å². The van der Waals surface area contributed by atoms with Crippen molar-refractivity contribution in [1.29, 1.82) is 0 Å². The predicted octanol–water partition coefficient (Wildman–Crippen LogP) is 1.92. The Labute approximate surface area is 97.9 Å². The molecule has 1 aliphatic heterocycles. The topological polar surface area (TPSA) is 28.2 Å². The first-order chi connectivity index (χ1) is 7.68. The molecule has 1 saturated heterocycles. The number of anilines is 1. The minimum absolute atomic E-state index is 0.559. The number of nitrogens with one attached hydrogen (secondary N) is 1. The lowest BCUT2D eigenvalue weighted by Gasteiger charge is -2.29. The highest BCUT2D eigenvalue weighted by atomic mass is 15.2. The summed E-state index contributed by atoms with van der Waals surface area (Å²) >= 11 is 0. The Hall–Kier alpha value is -1.09. The lowest BCUT2D eigenvalue weighted by Crippen LogP contribution is -2.44. The summed E-state index contributed by atoms with van der Waals surface area (Å²) in [4.78, 5) is 6.99. The van der Waals surface area contributed by atoms with E-state index in [1.165, 1.54) is 11.1 Å². The van der Waals surface area contributed by atoms with Crippen LogP contribution in [0.5, 0.6) is 0 Å². The van der Waals surface area contributed by atoms with Gasteiger partial charge in [-0.25, -0.2) is 4.98 Å². The number of aryl methyl sites for hydroxylation is 1. The van der Waals surface area contributed by atoms with Crippen LogP contribution in [0, 0.1) is 6.92 Å². The number of hydrogen-bond acceptors (Lipinski definition) is 3. The van der Waals surface area contributed by atoms with Gasteiger partial charge >= 0.3 is 0 Å². The molecular weight excluding hydrogens is 198 g/mol. The van der Waals surface area contributed by atoms with Crippen LogP contribution in [0.25, 0.3) is 0 Å². The Morgan fingerprint density at radius 3 is 2.56 bits per heavy atom. The summed E-state index contributed by atoms with van der Waals surface area (Å²) in [5, 5.41) is 3.36. The van der Waals surface area contributed by atoms with E-state index in [1.54, 1.807) is 0 Å². The van der Waals surface area contributed by atoms with E-state index in [1.807, 2.05) is 6.20 Å². The molecule has 0 radical (unpaired) electrons. The first kappa shape index (κ1) is 11.4. The first-order valence-electron chi connectivity index (χ1n) is 6.10. The molecule has 2 heterocycles. The normalized spacial score (nSPS) is 16.9. The van der Waals surface area contributed by atoms with Crippen LogP contribution in [0.15, 0.2) is 12.3 Å². The molecule has 0 atom stereocenters. The molecule has 0 aliphatic carbocycles. The number of nitrogens with zero attached hydrogens (tertiary/aromatic N) is 2. The fourth-order valence-electron chi connectivity index (χ4n) is 2.11. The van der Waals surface area contributed by atoms with Crippen LogP contribution in [-0.2, 0) is 0 Å². The Morgan fingerprint density at radius 1 is 1.31 bits per heavy atom. The third-order valence-corrected chi connectivity index (χ3v) is 3.15. The van der Waals surface area contributed by atoms with Gasteiger partial charge in [-0.15, -0.1) is 0 Å². The van der Waals surface area contributed by atoms with Gasteiger partial charge in [0.05, 0.1) is 0 Å². The van der Waals surface area contributed by atoms with E-state index in [9.17, 15) is 0 Å². The highest BCUT2D eigenvalue weighted by molar-refractivity contribution is 5.48. The summed E-state index contributed by atoms with van der Waals surface area (Å²) < 4.78 is 0. The second-order valence-electron chi connectivity index (χ2n) is 4.80. The van der Waals surface area contributed by atoms with Crippen LogP contribution in [-0.4, -0.2) is 31.2 Å². The van der Waals surface area contributed by atoms with Crippen molar-refractivity contribution in [3.05, 3.63) is 23.4 Å². The number of hydrogen-bond donors (Lipinski definition) is 1. The minimum Gasteiger partial charge on any atom is -0.354 e. The number of piperazine rings is 1. The van der Waals surface area contributed by atoms with Gasteiger partial charge in [0.15, 0.2) is 0 Å². The molecule has 0 unspecified atom stereocenters. The summed E-state index contributed by atoms with van der Waals surface area (Å²) in [5.41, 5.74) is 2.63. The molecule has 3 heteroatoms. The molecule has 2 rings (SSSR count). The van der Waals surface area contributed by atoms with E-state index in [0.29, 0.717) is 5.92 Å². The van der Waals surface area contributed by atoms with Crippen molar-refractivity contribution in [2.75, 3.05) is 31.1 Å². The predicted molar refractivity (Wildman–Crippen MR) is 68.1 cm³/mol. The molecule has 1 aromatic rings. The third kappa shape index (κ3) is 2.35. The molecule has 1 aliphatic rings. The summed E-state index contributed by atoms with van der Waals surface area (Å²) in [6.07, 6.45) is 2.02. The largest absolute Gasteiger partial charge is 0.354 e. The summed E-state index contributed by atoms with van der Waals surface area (Å²) in [7, 11) is 0. The Kier molecular flexibility index (Phi) is 3.44. The molecule has 1 aromatic heterocycles. The molecule has 0 amide bonds. The number of rotatable bonds is 2. The second kappa shape index (κ2) is 4.83. The smallest absolute Gasteiger partial charge is 0.131 e. The monoisotopic (exact) mass is 219 g/mol. The van der Waals surface area contributed by atoms with Crippen LogP contribution in [0.2, 0.25) is 0 Å². The summed E-state index contributed by atoms with van der Waals surface area (Å²) in [5.74, 6) is 1.72. The van der Waals surface area contributed by atoms with Crippen LogP contribution in [0.3, 0.4) is 0 Å². The van der Waals surface area contributed by atoms with Crippen LogP contribution < -0.4 is 10.2 Å². The van der Waals surface area contributed by atoms with E-state index in [-0.39, 0.29) is 0 Å². The van der Waals surface area contributed by atoms with Crippen LogP contribution >= 0.6 is 0 Å². The van der Waals surface area contributed by atoms with Crippen LogP contribution in [0.4, 0.5) is 5.82 Å². The van der Waals surface area contributed by atoms with Gasteiger partial charge in [0.1, 0.15) is 5.82 Å². The van der Waals surface area contributed by atoms with Crippen molar-refractivity contribution < 1.29 is 0 Å². The van der Waals surface area contributed by atoms with Crippen molar-refractivity contribution in [3.63, 3.8) is 0 Å². The SMILES string of the molecule is Cc1cc(C(C)C)cnc1N1CCNCC1. The molecule has 1 fully saturated rings. The lowest BCUT2D eigenvalue weighted by molar-refractivity contribution is 0.583. The van der Waals surface area contributed by atoms with Crippen molar-refractivity contribution in [1.82, 2.24) is 10.3 Å². The lowest BCUT2D eigenvalue weighted by atomic mass is 10.0. The van der Waals surface area contributed by atoms with E-state index in [4.69, 9.17) is 0 Å². The Morgan fingerprint density at radius 2 is 2.00 bits per heavy atom. The maximum Gasteiger partial charge on any atom is 0.131 e. The van der Waals surface area contributed by atoms with Gasteiger partial charge in [-0.3, -0.25) is 0 Å². The van der Waals surface area contributed by atoms with Gasteiger partial charge in [-0.2, -0.15) is 0 Å². The van der Waals surface area contributed by atoms with Crippen molar-refractivity contribution in [2.24, 2.45) is 0 Å². The fraction of sp³-hybridized carbons (Fsp3) is 0.615. The fourth-order valence-corrected chi connectivity index (χ4v) is 2.11. The quantitative estimate of drug-likeness (QED) is 0.823. The van der Waals surface area contributed by atoms with E-state index >= 15 is 0 Å². The Bertz CT molecular complexity index is 354. The zero-order chi connectivity index (χ0) is 11.5. The average molecular weight is 219 g/mol. The molecule has 1 N–H and O–H groups in total. The zero-order valence-electron chi connectivity index (χ0n) is 10.5. The number of pyridine rings is 1. The van der Waals surface area contributed by atoms with Gasteiger partial charge in [-0.05, 0) is 24.0 Å². The zero-order valence-corrected chi connectivity index (χ0v) is 10.5. The second-order valence-corrected chi connectivity index (χ2v) is 4.80. The molecule has 16 heavy (non-hydrogen) atoms. The van der Waals surface area contributed by atoms with Crippen LogP contribution in [0.1, 0.15) is 30.9 Å². The molecule has 0 saturated carbocycles. The average Bonchev–Trinajstić information content (AvgIpc) is 2.30. The molecule has 0 bridgehead atoms. The molecule has 88 valence electrons. The third-order valence-electron chi connectivity index (χ3n) is 3.15. The van der Waals surface area contributed by atoms with E-state index < -0.39 is 0 Å². The van der Waals surface area contributed by atoms with Gasteiger partial charge in [0.2, 0.25) is 0 Å². The molecule has 0 spiro atoms. The maximum atomic E-state index is 4.62. The van der Waals surface area contributed by atoms with Gasteiger partial charge < -0.3 is 10.2 Å². The van der Waals surface area contributed by atoms with Gasteiger partial charge in [-0.1, -0.05) is 19.9 Å².